The first-order valence-corrected chi connectivity index (χ1v) is 11.0. The summed E-state index contributed by atoms with van der Waals surface area (Å²) >= 11 is 0. The molecule has 1 N–H and O–H groups in total. The van der Waals surface area contributed by atoms with Crippen LogP contribution in [0.4, 0.5) is 5.82 Å². The van der Waals surface area contributed by atoms with E-state index in [0.717, 1.165) is 18.8 Å². The van der Waals surface area contributed by atoms with Gasteiger partial charge in [-0.3, -0.25) is 4.90 Å². The van der Waals surface area contributed by atoms with Gasteiger partial charge in [-0.2, -0.15) is 4.98 Å². The Bertz CT molecular complexity index is 1020. The van der Waals surface area contributed by atoms with Crippen LogP contribution in [-0.2, 0) is 11.3 Å². The summed E-state index contributed by atoms with van der Waals surface area (Å²) in [7, 11) is 0. The van der Waals surface area contributed by atoms with E-state index in [1.165, 1.54) is 25.7 Å². The predicted octanol–water partition coefficient (Wildman–Crippen LogP) is 4.47. The maximum atomic E-state index is 12.5. The molecule has 0 spiro atoms. The Kier molecular flexibility index (Phi) is 6.56. The average molecular weight is 427 g/mol. The minimum absolute atomic E-state index is 0.295. The lowest BCUT2D eigenvalue weighted by molar-refractivity contribution is 0.0526. The molecule has 3 heterocycles. The van der Waals surface area contributed by atoms with E-state index in [1.54, 1.807) is 20.1 Å². The van der Waals surface area contributed by atoms with Gasteiger partial charge in [0, 0.05) is 19.1 Å². The lowest BCUT2D eigenvalue weighted by atomic mass is 10.1. The van der Waals surface area contributed by atoms with E-state index in [-0.39, 0.29) is 0 Å². The Labute approximate surface area is 182 Å². The van der Waals surface area contributed by atoms with Crippen molar-refractivity contribution in [3.8, 4) is 0 Å². The molecule has 166 valence electrons. The van der Waals surface area contributed by atoms with Crippen LogP contribution in [0, 0.1) is 13.8 Å². The molecule has 1 saturated carbocycles. The number of nitrogens with zero attached hydrogens (tertiary/aromatic N) is 3. The molecule has 1 aliphatic rings. The smallest absolute Gasteiger partial charge is 0.342 e. The molecule has 0 atom stereocenters. The third-order valence-corrected chi connectivity index (χ3v) is 5.79. The van der Waals surface area contributed by atoms with Gasteiger partial charge in [-0.15, -0.1) is 0 Å². The lowest BCUT2D eigenvalue weighted by Gasteiger charge is -2.28. The number of nitrogens with one attached hydrogen (secondary N) is 1. The molecule has 3 aromatic rings. The molecule has 0 unspecified atom stereocenters. The van der Waals surface area contributed by atoms with E-state index in [0.29, 0.717) is 53.3 Å². The van der Waals surface area contributed by atoms with Crippen LogP contribution in [-0.4, -0.2) is 46.6 Å². The number of carbonyl (C=O) groups excluding carboxylic acids is 1. The molecule has 4 rings (SSSR count). The molecule has 1 fully saturated rings. The van der Waals surface area contributed by atoms with E-state index in [1.807, 2.05) is 19.1 Å². The average Bonchev–Trinajstić information content (AvgIpc) is 3.48. The van der Waals surface area contributed by atoms with Crippen molar-refractivity contribution in [3.05, 3.63) is 41.3 Å². The molecule has 3 aromatic heterocycles. The van der Waals surface area contributed by atoms with Crippen LogP contribution in [0.2, 0.25) is 0 Å². The monoisotopic (exact) mass is 426 g/mol. The minimum atomic E-state index is -0.417. The summed E-state index contributed by atoms with van der Waals surface area (Å²) in [5.41, 5.74) is 0.793. The quantitative estimate of drug-likeness (QED) is 0.501. The predicted molar refractivity (Wildman–Crippen MR) is 117 cm³/mol. The summed E-state index contributed by atoms with van der Waals surface area (Å²) in [5.74, 6) is 2.23. The number of hydrogen-bond acceptors (Lipinski definition) is 8. The molecular weight excluding hydrogens is 396 g/mol. The van der Waals surface area contributed by atoms with Crippen LogP contribution in [0.3, 0.4) is 0 Å². The number of carbonyl (C=O) groups is 1. The maximum absolute atomic E-state index is 12.5. The van der Waals surface area contributed by atoms with Crippen molar-refractivity contribution < 1.29 is 18.4 Å². The largest absolute Gasteiger partial charge is 0.468 e. The van der Waals surface area contributed by atoms with Gasteiger partial charge in [0.25, 0.3) is 0 Å². The van der Waals surface area contributed by atoms with E-state index in [4.69, 9.17) is 13.6 Å². The van der Waals surface area contributed by atoms with Gasteiger partial charge in [-0.1, -0.05) is 12.8 Å². The summed E-state index contributed by atoms with van der Waals surface area (Å²) in [6.45, 7) is 7.94. The SMILES string of the molecule is CCOC(=O)c1c(C)oc2nc(C)nc(NCCN(Cc3ccco3)C3CCCC3)c12. The normalized spacial score (nSPS) is 14.6. The van der Waals surface area contributed by atoms with Crippen molar-refractivity contribution in [2.24, 2.45) is 0 Å². The van der Waals surface area contributed by atoms with Crippen molar-refractivity contribution in [3.63, 3.8) is 0 Å². The Morgan fingerprint density at radius 2 is 2.10 bits per heavy atom. The standard InChI is InChI=1S/C23H30N4O4/c1-4-29-23(28)19-15(2)31-22-20(19)21(25-16(3)26-22)24-11-12-27(17-8-5-6-9-17)14-18-10-7-13-30-18/h7,10,13,17H,4-6,8-9,11-12,14H2,1-3H3,(H,24,25,26). The van der Waals surface area contributed by atoms with Gasteiger partial charge in [0.1, 0.15) is 28.7 Å². The van der Waals surface area contributed by atoms with Crippen LogP contribution < -0.4 is 5.32 Å². The van der Waals surface area contributed by atoms with Crippen molar-refractivity contribution in [2.45, 2.75) is 59.0 Å². The second-order valence-corrected chi connectivity index (χ2v) is 7.97. The highest BCUT2D eigenvalue weighted by Crippen LogP contribution is 2.30. The highest BCUT2D eigenvalue weighted by Gasteiger charge is 2.26. The topological polar surface area (TPSA) is 93.6 Å². The van der Waals surface area contributed by atoms with Crippen molar-refractivity contribution in [1.29, 1.82) is 0 Å². The molecule has 8 nitrogen and oxygen atoms in total. The molecule has 0 saturated heterocycles. The number of aromatic nitrogens is 2. The molecular formula is C23H30N4O4. The zero-order chi connectivity index (χ0) is 21.8. The molecule has 31 heavy (non-hydrogen) atoms. The fourth-order valence-corrected chi connectivity index (χ4v) is 4.38. The van der Waals surface area contributed by atoms with Gasteiger partial charge in [-0.05, 0) is 45.7 Å². The Balaban J connectivity index is 1.53. The van der Waals surface area contributed by atoms with Crippen molar-refractivity contribution >= 4 is 22.9 Å². The summed E-state index contributed by atoms with van der Waals surface area (Å²) in [5, 5.41) is 4.00. The number of anilines is 1. The molecule has 0 aromatic carbocycles. The summed E-state index contributed by atoms with van der Waals surface area (Å²) in [6, 6.07) is 4.51. The molecule has 0 aliphatic heterocycles. The number of hydrogen-bond donors (Lipinski definition) is 1. The molecule has 1 aliphatic carbocycles. The first-order chi connectivity index (χ1) is 15.1. The second-order valence-electron chi connectivity index (χ2n) is 7.97. The Hall–Kier alpha value is -2.87. The molecule has 8 heteroatoms. The highest BCUT2D eigenvalue weighted by molar-refractivity contribution is 6.07. The first kappa shape index (κ1) is 21.4. The third kappa shape index (κ3) is 4.74. The van der Waals surface area contributed by atoms with Gasteiger partial charge in [0.15, 0.2) is 0 Å². The van der Waals surface area contributed by atoms with Crippen LogP contribution >= 0.6 is 0 Å². The number of furan rings is 2. The number of rotatable bonds is 9. The number of aryl methyl sites for hydroxylation is 2. The molecule has 0 amide bonds. The summed E-state index contributed by atoms with van der Waals surface area (Å²) in [4.78, 5) is 23.9. The fraction of sp³-hybridized carbons (Fsp3) is 0.522. The number of esters is 1. The van der Waals surface area contributed by atoms with Gasteiger partial charge in [0.05, 0.1) is 24.8 Å². The van der Waals surface area contributed by atoms with Crippen molar-refractivity contribution in [1.82, 2.24) is 14.9 Å². The van der Waals surface area contributed by atoms with Gasteiger partial charge in [0.2, 0.25) is 5.71 Å². The minimum Gasteiger partial charge on any atom is -0.468 e. The zero-order valence-electron chi connectivity index (χ0n) is 18.4. The third-order valence-electron chi connectivity index (χ3n) is 5.79. The van der Waals surface area contributed by atoms with E-state index >= 15 is 0 Å². The van der Waals surface area contributed by atoms with E-state index < -0.39 is 5.97 Å². The van der Waals surface area contributed by atoms with Crippen molar-refractivity contribution in [2.75, 3.05) is 25.0 Å². The Morgan fingerprint density at radius 1 is 1.29 bits per heavy atom. The summed E-state index contributed by atoms with van der Waals surface area (Å²) < 4.78 is 16.6. The highest BCUT2D eigenvalue weighted by atomic mass is 16.5. The van der Waals surface area contributed by atoms with Gasteiger partial charge >= 0.3 is 5.97 Å². The number of ether oxygens (including phenoxy) is 1. The van der Waals surface area contributed by atoms with E-state index in [9.17, 15) is 4.79 Å². The van der Waals surface area contributed by atoms with Crippen LogP contribution in [0.15, 0.2) is 27.2 Å². The van der Waals surface area contributed by atoms with Crippen LogP contribution in [0.5, 0.6) is 0 Å². The maximum Gasteiger partial charge on any atom is 0.342 e. The van der Waals surface area contributed by atoms with E-state index in [2.05, 4.69) is 20.2 Å². The second kappa shape index (κ2) is 9.51. The molecule has 0 radical (unpaired) electrons. The van der Waals surface area contributed by atoms with Gasteiger partial charge in [-0.25, -0.2) is 9.78 Å². The fourth-order valence-electron chi connectivity index (χ4n) is 4.38. The van der Waals surface area contributed by atoms with Crippen LogP contribution in [0.25, 0.3) is 11.1 Å². The zero-order valence-corrected chi connectivity index (χ0v) is 18.4. The first-order valence-electron chi connectivity index (χ1n) is 11.0. The van der Waals surface area contributed by atoms with Crippen LogP contribution in [0.1, 0.15) is 60.3 Å². The molecule has 0 bridgehead atoms. The van der Waals surface area contributed by atoms with Gasteiger partial charge < -0.3 is 18.9 Å². The lowest BCUT2D eigenvalue weighted by Crippen LogP contribution is -2.36. The summed E-state index contributed by atoms with van der Waals surface area (Å²) in [6.07, 6.45) is 6.70. The number of fused-ring (bicyclic) bond motifs is 1. The Morgan fingerprint density at radius 3 is 2.81 bits per heavy atom.